The zero-order valence-corrected chi connectivity index (χ0v) is 8.82. The minimum atomic E-state index is -0.459. The topological polar surface area (TPSA) is 23.8 Å². The second-order valence-electron chi connectivity index (χ2n) is 2.90. The van der Waals surface area contributed by atoms with E-state index >= 15 is 0 Å². The third-order valence-corrected chi connectivity index (χ3v) is 2.53. The van der Waals surface area contributed by atoms with Crippen LogP contribution in [0.5, 0.6) is 0 Å². The molecule has 0 spiro atoms. The molecule has 1 aromatic rings. The molecule has 0 saturated heterocycles. The molecule has 0 aliphatic rings. The third kappa shape index (κ3) is 2.60. The van der Waals surface area contributed by atoms with Crippen LogP contribution in [0.3, 0.4) is 0 Å². The van der Waals surface area contributed by atoms with Crippen molar-refractivity contribution in [3.05, 3.63) is 34.6 Å². The summed E-state index contributed by atoms with van der Waals surface area (Å²) in [6, 6.07) is 6.75. The van der Waals surface area contributed by atoms with E-state index in [2.05, 4.69) is 0 Å². The number of nitriles is 1. The lowest BCUT2D eigenvalue weighted by molar-refractivity contribution is 0.596. The largest absolute Gasteiger partial charge is 0.205 e. The van der Waals surface area contributed by atoms with E-state index in [4.69, 9.17) is 28.5 Å². The number of nitrogens with zero attached hydrogens (tertiary/aromatic N) is 1. The Morgan fingerprint density at radius 1 is 1.50 bits per heavy atom. The molecule has 0 saturated carbocycles. The minimum Gasteiger partial charge on any atom is -0.205 e. The van der Waals surface area contributed by atoms with Gasteiger partial charge in [-0.2, -0.15) is 5.26 Å². The van der Waals surface area contributed by atoms with Gasteiger partial charge in [-0.1, -0.05) is 23.7 Å². The smallest absolute Gasteiger partial charge is 0.145 e. The van der Waals surface area contributed by atoms with Crippen molar-refractivity contribution >= 4 is 23.2 Å². The maximum atomic E-state index is 13.4. The van der Waals surface area contributed by atoms with Crippen LogP contribution in [0.1, 0.15) is 5.56 Å². The SMILES string of the molecule is N#CC(CCl)Cc1cccc(Cl)c1F. The average molecular weight is 232 g/mol. The van der Waals surface area contributed by atoms with Crippen molar-refractivity contribution in [1.29, 1.82) is 5.26 Å². The Hall–Kier alpha value is -0.780. The number of hydrogen-bond acceptors (Lipinski definition) is 1. The fourth-order valence-electron chi connectivity index (χ4n) is 1.11. The molecule has 1 aromatic carbocycles. The van der Waals surface area contributed by atoms with Crippen molar-refractivity contribution in [1.82, 2.24) is 0 Å². The first-order valence-electron chi connectivity index (χ1n) is 4.07. The molecule has 0 heterocycles. The minimum absolute atomic E-state index is 0.0776. The fraction of sp³-hybridized carbons (Fsp3) is 0.300. The van der Waals surface area contributed by atoms with Crippen molar-refractivity contribution in [2.24, 2.45) is 5.92 Å². The highest BCUT2D eigenvalue weighted by Gasteiger charge is 2.12. The van der Waals surface area contributed by atoms with Gasteiger partial charge in [0.1, 0.15) is 5.82 Å². The van der Waals surface area contributed by atoms with Crippen LogP contribution in [-0.2, 0) is 6.42 Å². The third-order valence-electron chi connectivity index (χ3n) is 1.87. The maximum absolute atomic E-state index is 13.4. The molecule has 0 N–H and O–H groups in total. The molecule has 0 radical (unpaired) electrons. The monoisotopic (exact) mass is 231 g/mol. The van der Waals surface area contributed by atoms with E-state index in [9.17, 15) is 4.39 Å². The molecule has 0 bridgehead atoms. The number of rotatable bonds is 3. The predicted molar refractivity (Wildman–Crippen MR) is 54.9 cm³/mol. The second-order valence-corrected chi connectivity index (χ2v) is 3.61. The van der Waals surface area contributed by atoms with E-state index < -0.39 is 5.82 Å². The highest BCUT2D eigenvalue weighted by molar-refractivity contribution is 6.30. The molecule has 0 fully saturated rings. The van der Waals surface area contributed by atoms with Crippen LogP contribution in [0.2, 0.25) is 5.02 Å². The van der Waals surface area contributed by atoms with E-state index in [0.29, 0.717) is 12.0 Å². The normalized spacial score (nSPS) is 12.1. The molecule has 14 heavy (non-hydrogen) atoms. The molecule has 1 rings (SSSR count). The maximum Gasteiger partial charge on any atom is 0.145 e. The molecular formula is C10H8Cl2FN. The summed E-state index contributed by atoms with van der Waals surface area (Å²) in [4.78, 5) is 0. The van der Waals surface area contributed by atoms with Gasteiger partial charge in [-0.05, 0) is 18.1 Å². The summed E-state index contributed by atoms with van der Waals surface area (Å²) in [6.07, 6.45) is 0.298. The number of halogens is 3. The van der Waals surface area contributed by atoms with Crippen molar-refractivity contribution in [3.63, 3.8) is 0 Å². The van der Waals surface area contributed by atoms with Crippen LogP contribution in [-0.4, -0.2) is 5.88 Å². The van der Waals surface area contributed by atoms with Crippen LogP contribution < -0.4 is 0 Å². The van der Waals surface area contributed by atoms with Crippen LogP contribution in [0, 0.1) is 23.1 Å². The fourth-order valence-corrected chi connectivity index (χ4v) is 1.48. The first-order chi connectivity index (χ1) is 6.69. The van der Waals surface area contributed by atoms with Gasteiger partial charge in [0, 0.05) is 5.88 Å². The van der Waals surface area contributed by atoms with Gasteiger partial charge in [-0.15, -0.1) is 11.6 Å². The summed E-state index contributed by atoms with van der Waals surface area (Å²) < 4.78 is 13.4. The zero-order chi connectivity index (χ0) is 10.6. The Kier molecular flexibility index (Phi) is 4.19. The molecule has 1 nitrogen and oxygen atoms in total. The van der Waals surface area contributed by atoms with E-state index in [0.717, 1.165) is 0 Å². The average Bonchev–Trinajstić information content (AvgIpc) is 2.20. The lowest BCUT2D eigenvalue weighted by Gasteiger charge is -2.06. The first-order valence-corrected chi connectivity index (χ1v) is 4.98. The summed E-state index contributed by atoms with van der Waals surface area (Å²) in [6.45, 7) is 0. The van der Waals surface area contributed by atoms with Crippen LogP contribution in [0.25, 0.3) is 0 Å². The van der Waals surface area contributed by atoms with Gasteiger partial charge in [0.15, 0.2) is 0 Å². The van der Waals surface area contributed by atoms with Crippen LogP contribution in [0.15, 0.2) is 18.2 Å². The van der Waals surface area contributed by atoms with Gasteiger partial charge in [0.25, 0.3) is 0 Å². The standard InChI is InChI=1S/C10H8Cl2FN/c11-5-7(6-14)4-8-2-1-3-9(12)10(8)13/h1-3,7H,4-5H2. The molecule has 74 valence electrons. The Bertz CT molecular complexity index is 360. The molecule has 0 aliphatic carbocycles. The molecule has 1 unspecified atom stereocenters. The Labute approximate surface area is 92.1 Å². The Morgan fingerprint density at radius 3 is 2.79 bits per heavy atom. The molecular weight excluding hydrogens is 224 g/mol. The van der Waals surface area contributed by atoms with Crippen molar-refractivity contribution in [2.45, 2.75) is 6.42 Å². The first kappa shape index (κ1) is 11.3. The van der Waals surface area contributed by atoms with Crippen molar-refractivity contribution in [3.8, 4) is 6.07 Å². The summed E-state index contributed by atoms with van der Waals surface area (Å²) in [7, 11) is 0. The van der Waals surface area contributed by atoms with Crippen LogP contribution in [0.4, 0.5) is 4.39 Å². The lowest BCUT2D eigenvalue weighted by atomic mass is 10.0. The number of hydrogen-bond donors (Lipinski definition) is 0. The number of benzene rings is 1. The van der Waals surface area contributed by atoms with E-state index in [1.54, 1.807) is 12.1 Å². The van der Waals surface area contributed by atoms with Crippen molar-refractivity contribution < 1.29 is 4.39 Å². The molecule has 0 amide bonds. The lowest BCUT2D eigenvalue weighted by Crippen LogP contribution is -2.05. The molecule has 0 aromatic heterocycles. The van der Waals surface area contributed by atoms with Gasteiger partial charge >= 0.3 is 0 Å². The highest BCUT2D eigenvalue weighted by Crippen LogP contribution is 2.20. The van der Waals surface area contributed by atoms with Crippen molar-refractivity contribution in [2.75, 3.05) is 5.88 Å². The highest BCUT2D eigenvalue weighted by atomic mass is 35.5. The van der Waals surface area contributed by atoms with Crippen LogP contribution >= 0.6 is 23.2 Å². The summed E-state index contributed by atoms with van der Waals surface area (Å²) in [5.41, 5.74) is 0.435. The van der Waals surface area contributed by atoms with E-state index in [-0.39, 0.29) is 16.8 Å². The van der Waals surface area contributed by atoms with Gasteiger partial charge in [0.2, 0.25) is 0 Å². The van der Waals surface area contributed by atoms with Gasteiger partial charge in [-0.25, -0.2) is 4.39 Å². The van der Waals surface area contributed by atoms with E-state index in [1.807, 2.05) is 6.07 Å². The Balaban J connectivity index is 2.87. The second kappa shape index (κ2) is 5.19. The van der Waals surface area contributed by atoms with Gasteiger partial charge in [0.05, 0.1) is 17.0 Å². The summed E-state index contributed by atoms with van der Waals surface area (Å²) in [5.74, 6) is -0.633. The van der Waals surface area contributed by atoms with E-state index in [1.165, 1.54) is 6.07 Å². The Morgan fingerprint density at radius 2 is 2.21 bits per heavy atom. The molecule has 1 atom stereocenters. The molecule has 0 aliphatic heterocycles. The number of alkyl halides is 1. The molecule has 4 heteroatoms. The quantitative estimate of drug-likeness (QED) is 0.732. The summed E-state index contributed by atoms with van der Waals surface area (Å²) in [5, 5.41) is 8.74. The van der Waals surface area contributed by atoms with Gasteiger partial charge in [-0.3, -0.25) is 0 Å². The van der Waals surface area contributed by atoms with Gasteiger partial charge < -0.3 is 0 Å². The zero-order valence-electron chi connectivity index (χ0n) is 7.30. The summed E-state index contributed by atoms with van der Waals surface area (Å²) >= 11 is 11.1. The predicted octanol–water partition coefficient (Wildman–Crippen LogP) is 3.40.